The number of nitrogens with two attached hydrogens (primary N) is 1. The summed E-state index contributed by atoms with van der Waals surface area (Å²) in [5.41, 5.74) is 9.77. The zero-order valence-corrected chi connectivity index (χ0v) is 9.20. The highest BCUT2D eigenvalue weighted by atomic mass is 32.1. The lowest BCUT2D eigenvalue weighted by atomic mass is 10.1. The van der Waals surface area contributed by atoms with Crippen molar-refractivity contribution in [1.82, 2.24) is 4.98 Å². The van der Waals surface area contributed by atoms with Gasteiger partial charge in [-0.05, 0) is 17.7 Å². The molecule has 3 nitrogen and oxygen atoms in total. The van der Waals surface area contributed by atoms with Crippen LogP contribution in [0.2, 0.25) is 0 Å². The van der Waals surface area contributed by atoms with Gasteiger partial charge in [-0.25, -0.2) is 4.98 Å². The van der Waals surface area contributed by atoms with E-state index in [2.05, 4.69) is 4.98 Å². The summed E-state index contributed by atoms with van der Waals surface area (Å²) in [6.07, 6.45) is 0. The third-order valence-corrected chi connectivity index (χ3v) is 2.83. The van der Waals surface area contributed by atoms with Gasteiger partial charge in [-0.3, -0.25) is 0 Å². The van der Waals surface area contributed by atoms with Gasteiger partial charge in [0.1, 0.15) is 5.75 Å². The minimum Gasteiger partial charge on any atom is -0.497 e. The van der Waals surface area contributed by atoms with Crippen LogP contribution in [0.25, 0.3) is 0 Å². The summed E-state index contributed by atoms with van der Waals surface area (Å²) in [6.45, 7) is 0. The molecule has 1 unspecified atom stereocenters. The van der Waals surface area contributed by atoms with Crippen molar-refractivity contribution in [3.63, 3.8) is 0 Å². The zero-order valence-electron chi connectivity index (χ0n) is 8.38. The number of benzene rings is 1. The second-order valence-corrected chi connectivity index (χ2v) is 3.89. The number of ether oxygens (including phenoxy) is 1. The lowest BCUT2D eigenvalue weighted by Crippen LogP contribution is -2.12. The standard InChI is InChI=1S/C11H12N2OS/c1-14-9-4-2-3-8(5-9)11(12)10-6-15-7-13-10/h2-7,11H,12H2,1H3. The number of hydrogen-bond acceptors (Lipinski definition) is 4. The van der Waals surface area contributed by atoms with Gasteiger partial charge >= 0.3 is 0 Å². The van der Waals surface area contributed by atoms with Crippen molar-refractivity contribution >= 4 is 11.3 Å². The Kier molecular flexibility index (Phi) is 2.99. The van der Waals surface area contributed by atoms with E-state index >= 15 is 0 Å². The minimum atomic E-state index is -0.175. The Morgan fingerprint density at radius 1 is 1.47 bits per heavy atom. The molecule has 0 saturated carbocycles. The molecular formula is C11H12N2OS. The van der Waals surface area contributed by atoms with Crippen molar-refractivity contribution in [1.29, 1.82) is 0 Å². The van der Waals surface area contributed by atoms with Crippen LogP contribution in [-0.2, 0) is 0 Å². The van der Waals surface area contributed by atoms with Gasteiger partial charge in [0.25, 0.3) is 0 Å². The molecule has 0 bridgehead atoms. The Balaban J connectivity index is 2.29. The summed E-state index contributed by atoms with van der Waals surface area (Å²) in [5.74, 6) is 0.818. The number of thiazole rings is 1. The molecule has 1 aromatic carbocycles. The van der Waals surface area contributed by atoms with E-state index < -0.39 is 0 Å². The van der Waals surface area contributed by atoms with Gasteiger partial charge in [0.2, 0.25) is 0 Å². The van der Waals surface area contributed by atoms with E-state index in [0.717, 1.165) is 17.0 Å². The second-order valence-electron chi connectivity index (χ2n) is 3.17. The number of methoxy groups -OCH3 is 1. The van der Waals surface area contributed by atoms with Gasteiger partial charge < -0.3 is 10.5 Å². The molecule has 1 heterocycles. The number of rotatable bonds is 3. The molecule has 15 heavy (non-hydrogen) atoms. The molecule has 2 rings (SSSR count). The largest absolute Gasteiger partial charge is 0.497 e. The number of aromatic nitrogens is 1. The maximum absolute atomic E-state index is 6.07. The van der Waals surface area contributed by atoms with E-state index in [-0.39, 0.29) is 6.04 Å². The topological polar surface area (TPSA) is 48.1 Å². The van der Waals surface area contributed by atoms with Crippen molar-refractivity contribution in [3.05, 3.63) is 46.4 Å². The molecule has 0 spiro atoms. The predicted molar refractivity (Wildman–Crippen MR) is 61.1 cm³/mol. The molecular weight excluding hydrogens is 208 g/mol. The lowest BCUT2D eigenvalue weighted by molar-refractivity contribution is 0.414. The van der Waals surface area contributed by atoms with E-state index in [1.165, 1.54) is 0 Å². The van der Waals surface area contributed by atoms with Crippen LogP contribution >= 0.6 is 11.3 Å². The highest BCUT2D eigenvalue weighted by molar-refractivity contribution is 7.07. The van der Waals surface area contributed by atoms with Gasteiger partial charge in [-0.15, -0.1) is 11.3 Å². The van der Waals surface area contributed by atoms with Crippen molar-refractivity contribution in [3.8, 4) is 5.75 Å². The Morgan fingerprint density at radius 2 is 2.33 bits per heavy atom. The second kappa shape index (κ2) is 4.42. The Bertz CT molecular complexity index is 428. The smallest absolute Gasteiger partial charge is 0.119 e. The van der Waals surface area contributed by atoms with E-state index in [0.29, 0.717) is 0 Å². The first-order valence-corrected chi connectivity index (χ1v) is 5.53. The van der Waals surface area contributed by atoms with Gasteiger partial charge in [0.05, 0.1) is 24.4 Å². The van der Waals surface area contributed by atoms with Crippen LogP contribution in [0, 0.1) is 0 Å². The van der Waals surface area contributed by atoms with Gasteiger partial charge in [-0.2, -0.15) is 0 Å². The van der Waals surface area contributed by atoms with Crippen LogP contribution in [0.5, 0.6) is 5.75 Å². The van der Waals surface area contributed by atoms with E-state index in [4.69, 9.17) is 10.5 Å². The van der Waals surface area contributed by atoms with Crippen LogP contribution < -0.4 is 10.5 Å². The molecule has 2 aromatic rings. The summed E-state index contributed by atoms with van der Waals surface area (Å²) in [6, 6.07) is 7.57. The summed E-state index contributed by atoms with van der Waals surface area (Å²) in [7, 11) is 1.65. The van der Waals surface area contributed by atoms with Crippen molar-refractivity contribution in [2.45, 2.75) is 6.04 Å². The summed E-state index contributed by atoms with van der Waals surface area (Å²) < 4.78 is 5.15. The van der Waals surface area contributed by atoms with E-state index in [9.17, 15) is 0 Å². The normalized spacial score (nSPS) is 12.4. The molecule has 1 aromatic heterocycles. The average molecular weight is 220 g/mol. The fourth-order valence-electron chi connectivity index (χ4n) is 1.38. The number of nitrogens with zero attached hydrogens (tertiary/aromatic N) is 1. The van der Waals surface area contributed by atoms with Crippen LogP contribution in [0.1, 0.15) is 17.3 Å². The molecule has 0 fully saturated rings. The van der Waals surface area contributed by atoms with Crippen LogP contribution in [0.3, 0.4) is 0 Å². The highest BCUT2D eigenvalue weighted by Gasteiger charge is 2.10. The van der Waals surface area contributed by atoms with Crippen molar-refractivity contribution < 1.29 is 4.74 Å². The first kappa shape index (κ1) is 10.1. The Morgan fingerprint density at radius 3 is 3.00 bits per heavy atom. The molecule has 2 N–H and O–H groups in total. The van der Waals surface area contributed by atoms with Crippen LogP contribution in [0.15, 0.2) is 35.2 Å². The summed E-state index contributed by atoms with van der Waals surface area (Å²) >= 11 is 1.55. The Labute approximate surface area is 92.5 Å². The molecule has 0 amide bonds. The molecule has 0 radical (unpaired) electrons. The molecule has 1 atom stereocenters. The lowest BCUT2D eigenvalue weighted by Gasteiger charge is -2.10. The zero-order chi connectivity index (χ0) is 10.7. The van der Waals surface area contributed by atoms with Crippen molar-refractivity contribution in [2.24, 2.45) is 5.73 Å². The fourth-order valence-corrected chi connectivity index (χ4v) is 1.97. The third kappa shape index (κ3) is 2.16. The monoisotopic (exact) mass is 220 g/mol. The first-order valence-electron chi connectivity index (χ1n) is 4.59. The van der Waals surface area contributed by atoms with Crippen molar-refractivity contribution in [2.75, 3.05) is 7.11 Å². The number of hydrogen-bond donors (Lipinski definition) is 1. The van der Waals surface area contributed by atoms with Gasteiger partial charge in [-0.1, -0.05) is 12.1 Å². The quantitative estimate of drug-likeness (QED) is 0.862. The van der Waals surface area contributed by atoms with E-state index in [1.54, 1.807) is 24.0 Å². The van der Waals surface area contributed by atoms with Gasteiger partial charge in [0, 0.05) is 5.38 Å². The maximum Gasteiger partial charge on any atom is 0.119 e. The first-order chi connectivity index (χ1) is 7.31. The molecule has 78 valence electrons. The summed E-state index contributed by atoms with van der Waals surface area (Å²) in [4.78, 5) is 4.20. The van der Waals surface area contributed by atoms with Gasteiger partial charge in [0.15, 0.2) is 0 Å². The maximum atomic E-state index is 6.07. The molecule has 4 heteroatoms. The molecule has 0 aliphatic heterocycles. The fraction of sp³-hybridized carbons (Fsp3) is 0.182. The van der Waals surface area contributed by atoms with Crippen LogP contribution in [-0.4, -0.2) is 12.1 Å². The van der Waals surface area contributed by atoms with Crippen LogP contribution in [0.4, 0.5) is 0 Å². The SMILES string of the molecule is COc1cccc(C(N)c2cscn2)c1. The Hall–Kier alpha value is -1.39. The highest BCUT2D eigenvalue weighted by Crippen LogP contribution is 2.22. The molecule has 0 saturated heterocycles. The van der Waals surface area contributed by atoms with E-state index in [1.807, 2.05) is 29.6 Å². The summed E-state index contributed by atoms with van der Waals surface area (Å²) in [5, 5.41) is 1.96. The average Bonchev–Trinajstić information content (AvgIpc) is 2.81. The molecule has 0 aliphatic carbocycles. The predicted octanol–water partition coefficient (Wildman–Crippen LogP) is 2.20. The molecule has 0 aliphatic rings. The minimum absolute atomic E-state index is 0.175. The third-order valence-electron chi connectivity index (χ3n) is 2.22.